The number of benzene rings is 4. The number of hydrogen-bond acceptors (Lipinski definition) is 4. The maximum Gasteiger partial charge on any atom is 0.240 e. The molecule has 6 nitrogen and oxygen atoms in total. The SMILES string of the molecule is CN(C(=O)CN(CC(=O)N(C)c1ccccc1)CC1CCN(C(c2ccccc2)c2ccccc2)C1)c1ccccc1. The predicted octanol–water partition coefficient (Wildman–Crippen LogP) is 5.73. The van der Waals surface area contributed by atoms with Gasteiger partial charge in [0.15, 0.2) is 0 Å². The van der Waals surface area contributed by atoms with Crippen LogP contribution in [-0.2, 0) is 9.59 Å². The van der Waals surface area contributed by atoms with Crippen molar-refractivity contribution >= 4 is 23.2 Å². The van der Waals surface area contributed by atoms with Gasteiger partial charge in [0, 0.05) is 38.6 Å². The lowest BCUT2D eigenvalue weighted by Crippen LogP contribution is -2.46. The lowest BCUT2D eigenvalue weighted by molar-refractivity contribution is -0.122. The normalized spacial score (nSPS) is 15.2. The Kier molecular flexibility index (Phi) is 9.80. The topological polar surface area (TPSA) is 47.1 Å². The first-order valence-electron chi connectivity index (χ1n) is 14.7. The molecule has 42 heavy (non-hydrogen) atoms. The molecule has 5 rings (SSSR count). The van der Waals surface area contributed by atoms with Gasteiger partial charge in [0.25, 0.3) is 0 Å². The van der Waals surface area contributed by atoms with Crippen molar-refractivity contribution in [3.63, 3.8) is 0 Å². The first-order chi connectivity index (χ1) is 20.5. The van der Waals surface area contributed by atoms with Crippen molar-refractivity contribution in [3.8, 4) is 0 Å². The quantitative estimate of drug-likeness (QED) is 0.235. The fraction of sp³-hybridized carbons (Fsp3) is 0.278. The molecule has 4 aromatic rings. The molecule has 1 saturated heterocycles. The molecular weight excluding hydrogens is 520 g/mol. The predicted molar refractivity (Wildman–Crippen MR) is 171 cm³/mol. The van der Waals surface area contributed by atoms with Crippen LogP contribution in [0.1, 0.15) is 23.6 Å². The second-order valence-electron chi connectivity index (χ2n) is 11.1. The highest BCUT2D eigenvalue weighted by Crippen LogP contribution is 2.33. The minimum absolute atomic E-state index is 0.0299. The molecular formula is C36H40N4O2. The van der Waals surface area contributed by atoms with Gasteiger partial charge in [-0.25, -0.2) is 0 Å². The number of likely N-dealkylation sites (tertiary alicyclic amines) is 1. The van der Waals surface area contributed by atoms with E-state index in [-0.39, 0.29) is 30.9 Å². The van der Waals surface area contributed by atoms with Gasteiger partial charge in [-0.05, 0) is 54.3 Å². The molecule has 1 aliphatic rings. The maximum absolute atomic E-state index is 13.4. The molecule has 6 heteroatoms. The van der Waals surface area contributed by atoms with E-state index < -0.39 is 0 Å². The molecule has 0 radical (unpaired) electrons. The minimum Gasteiger partial charge on any atom is -0.314 e. The van der Waals surface area contributed by atoms with Crippen molar-refractivity contribution in [3.05, 3.63) is 132 Å². The summed E-state index contributed by atoms with van der Waals surface area (Å²) in [5.74, 6) is 0.278. The number of rotatable bonds is 11. The van der Waals surface area contributed by atoms with Crippen LogP contribution in [0.15, 0.2) is 121 Å². The van der Waals surface area contributed by atoms with E-state index in [2.05, 4.69) is 65.6 Å². The Bertz CT molecular complexity index is 1320. The molecule has 0 spiro atoms. The van der Waals surface area contributed by atoms with Crippen LogP contribution in [0, 0.1) is 5.92 Å². The van der Waals surface area contributed by atoms with E-state index in [9.17, 15) is 9.59 Å². The molecule has 1 aliphatic heterocycles. The summed E-state index contributed by atoms with van der Waals surface area (Å²) >= 11 is 0. The van der Waals surface area contributed by atoms with Gasteiger partial charge in [-0.15, -0.1) is 0 Å². The average molecular weight is 561 g/mol. The minimum atomic E-state index is -0.0299. The first-order valence-corrected chi connectivity index (χ1v) is 14.7. The number of likely N-dealkylation sites (N-methyl/N-ethyl adjacent to an activating group) is 2. The standard InChI is InChI=1S/C36H40N4O2/c1-37(32-19-11-5-12-20-32)34(41)27-39(28-35(42)38(2)33-21-13-6-14-22-33)25-29-23-24-40(26-29)36(30-15-7-3-8-16-30)31-17-9-4-10-18-31/h3-22,29,36H,23-28H2,1-2H3. The number of nitrogens with zero attached hydrogens (tertiary/aromatic N) is 4. The lowest BCUT2D eigenvalue weighted by atomic mass is 9.97. The fourth-order valence-electron chi connectivity index (χ4n) is 5.87. The van der Waals surface area contributed by atoms with E-state index in [0.29, 0.717) is 12.5 Å². The van der Waals surface area contributed by atoms with E-state index in [1.54, 1.807) is 23.9 Å². The maximum atomic E-state index is 13.4. The zero-order valence-electron chi connectivity index (χ0n) is 24.5. The third kappa shape index (κ3) is 7.32. The smallest absolute Gasteiger partial charge is 0.240 e. The van der Waals surface area contributed by atoms with Crippen LogP contribution >= 0.6 is 0 Å². The summed E-state index contributed by atoms with van der Waals surface area (Å²) in [5, 5.41) is 0. The number of amides is 2. The van der Waals surface area contributed by atoms with Gasteiger partial charge in [-0.1, -0.05) is 97.1 Å². The summed E-state index contributed by atoms with van der Waals surface area (Å²) in [6.45, 7) is 2.89. The molecule has 0 bridgehead atoms. The molecule has 4 aromatic carbocycles. The van der Waals surface area contributed by atoms with E-state index in [1.165, 1.54) is 11.1 Å². The van der Waals surface area contributed by atoms with Crippen molar-refractivity contribution < 1.29 is 9.59 Å². The van der Waals surface area contributed by atoms with Crippen molar-refractivity contribution in [1.29, 1.82) is 0 Å². The molecule has 1 heterocycles. The summed E-state index contributed by atoms with van der Waals surface area (Å²) in [4.78, 5) is 34.8. The summed E-state index contributed by atoms with van der Waals surface area (Å²) in [6, 6.07) is 40.8. The molecule has 1 fully saturated rings. The number of carbonyl (C=O) groups excluding carboxylic acids is 2. The third-order valence-corrected chi connectivity index (χ3v) is 8.18. The Labute approximate surface area is 249 Å². The fourth-order valence-corrected chi connectivity index (χ4v) is 5.87. The molecule has 0 aromatic heterocycles. The van der Waals surface area contributed by atoms with Crippen LogP contribution < -0.4 is 9.80 Å². The molecule has 0 N–H and O–H groups in total. The summed E-state index contributed by atoms with van der Waals surface area (Å²) < 4.78 is 0. The molecule has 216 valence electrons. The number of hydrogen-bond donors (Lipinski definition) is 0. The van der Waals surface area contributed by atoms with E-state index in [4.69, 9.17) is 0 Å². The van der Waals surface area contributed by atoms with E-state index in [1.807, 2.05) is 65.6 Å². The van der Waals surface area contributed by atoms with Gasteiger partial charge < -0.3 is 9.80 Å². The van der Waals surface area contributed by atoms with Gasteiger partial charge in [-0.3, -0.25) is 19.4 Å². The largest absolute Gasteiger partial charge is 0.314 e. The van der Waals surface area contributed by atoms with Crippen molar-refractivity contribution in [1.82, 2.24) is 9.80 Å². The second kappa shape index (κ2) is 14.1. The summed E-state index contributed by atoms with van der Waals surface area (Å²) in [6.07, 6.45) is 1.01. The number of anilines is 2. The molecule has 2 amide bonds. The zero-order chi connectivity index (χ0) is 29.3. The van der Waals surface area contributed by atoms with E-state index in [0.717, 1.165) is 30.9 Å². The number of carbonyl (C=O) groups is 2. The molecule has 1 unspecified atom stereocenters. The highest BCUT2D eigenvalue weighted by Gasteiger charge is 2.32. The van der Waals surface area contributed by atoms with E-state index >= 15 is 0 Å². The Morgan fingerprint density at radius 2 is 1.07 bits per heavy atom. The van der Waals surface area contributed by atoms with Gasteiger partial charge in [0.1, 0.15) is 0 Å². The van der Waals surface area contributed by atoms with Crippen LogP contribution in [-0.4, -0.2) is 68.4 Å². The van der Waals surface area contributed by atoms with Crippen molar-refractivity contribution in [2.75, 3.05) is 56.6 Å². The first kappa shape index (κ1) is 29.2. The van der Waals surface area contributed by atoms with Gasteiger partial charge in [-0.2, -0.15) is 0 Å². The molecule has 0 saturated carbocycles. The lowest BCUT2D eigenvalue weighted by Gasteiger charge is -2.31. The number of para-hydroxylation sites is 2. The van der Waals surface area contributed by atoms with Gasteiger partial charge in [0.2, 0.25) is 11.8 Å². The third-order valence-electron chi connectivity index (χ3n) is 8.18. The van der Waals surface area contributed by atoms with Crippen molar-refractivity contribution in [2.45, 2.75) is 12.5 Å². The monoisotopic (exact) mass is 560 g/mol. The highest BCUT2D eigenvalue weighted by molar-refractivity contribution is 5.96. The average Bonchev–Trinajstić information content (AvgIpc) is 3.49. The Morgan fingerprint density at radius 3 is 1.50 bits per heavy atom. The molecule has 1 atom stereocenters. The van der Waals surface area contributed by atoms with Crippen LogP contribution in [0.2, 0.25) is 0 Å². The Hall–Kier alpha value is -4.26. The Balaban J connectivity index is 1.32. The summed E-state index contributed by atoms with van der Waals surface area (Å²) in [7, 11) is 3.60. The summed E-state index contributed by atoms with van der Waals surface area (Å²) in [5.41, 5.74) is 4.24. The van der Waals surface area contributed by atoms with Gasteiger partial charge in [0.05, 0.1) is 19.1 Å². The second-order valence-corrected chi connectivity index (χ2v) is 11.1. The van der Waals surface area contributed by atoms with Crippen LogP contribution in [0.25, 0.3) is 0 Å². The van der Waals surface area contributed by atoms with Crippen LogP contribution in [0.4, 0.5) is 11.4 Å². The van der Waals surface area contributed by atoms with Gasteiger partial charge >= 0.3 is 0 Å². The highest BCUT2D eigenvalue weighted by atomic mass is 16.2. The zero-order valence-corrected chi connectivity index (χ0v) is 24.5. The van der Waals surface area contributed by atoms with Crippen LogP contribution in [0.5, 0.6) is 0 Å². The van der Waals surface area contributed by atoms with Crippen molar-refractivity contribution in [2.24, 2.45) is 5.92 Å². The Morgan fingerprint density at radius 1 is 0.667 bits per heavy atom. The van der Waals surface area contributed by atoms with Crippen LogP contribution in [0.3, 0.4) is 0 Å². The molecule has 0 aliphatic carbocycles.